The third-order valence-corrected chi connectivity index (χ3v) is 14.3. The van der Waals surface area contributed by atoms with E-state index < -0.39 is 12.1 Å². The predicted molar refractivity (Wildman–Crippen MR) is 224 cm³/mol. The summed E-state index contributed by atoms with van der Waals surface area (Å²) in [5.74, 6) is -0.695. The molecule has 58 heavy (non-hydrogen) atoms. The minimum Gasteiger partial charge on any atom is -0.476 e. The Hall–Kier alpha value is -4.28. The van der Waals surface area contributed by atoms with Crippen molar-refractivity contribution in [1.29, 1.82) is 5.53 Å². The second-order valence-corrected chi connectivity index (χ2v) is 19.4. The Balaban J connectivity index is 1.01. The number of ether oxygens (including phenoxy) is 1. The van der Waals surface area contributed by atoms with Crippen LogP contribution in [0.2, 0.25) is 0 Å². The van der Waals surface area contributed by atoms with Gasteiger partial charge in [0, 0.05) is 48.6 Å². The summed E-state index contributed by atoms with van der Waals surface area (Å²) in [6, 6.07) is 11.4. The highest BCUT2D eigenvalue weighted by Gasteiger charge is 2.66. The van der Waals surface area contributed by atoms with Crippen molar-refractivity contribution in [3.63, 3.8) is 0 Å². The van der Waals surface area contributed by atoms with Gasteiger partial charge in [-0.3, -0.25) is 4.68 Å². The molecule has 4 heterocycles. The molecule has 9 rings (SSSR count). The molecular formula is C43H57N9O5S. The number of piperidine rings is 1. The first-order valence-electron chi connectivity index (χ1n) is 20.6. The number of hydrogen-bond donors (Lipinski definition) is 6. The van der Waals surface area contributed by atoms with E-state index in [4.69, 9.17) is 20.4 Å². The van der Waals surface area contributed by atoms with Crippen LogP contribution in [0.1, 0.15) is 88.3 Å². The van der Waals surface area contributed by atoms with Crippen LogP contribution in [0.4, 0.5) is 10.9 Å². The van der Waals surface area contributed by atoms with Gasteiger partial charge in [0.2, 0.25) is 0 Å². The Bertz CT molecular complexity index is 2150. The van der Waals surface area contributed by atoms with E-state index in [9.17, 15) is 20.1 Å². The lowest BCUT2D eigenvalue weighted by Gasteiger charge is -2.69. The summed E-state index contributed by atoms with van der Waals surface area (Å²) < 4.78 is 9.97. The Morgan fingerprint density at radius 3 is 2.53 bits per heavy atom. The molecule has 15 heteroatoms. The number of anilines is 2. The number of para-hydroxylation sites is 1. The highest BCUT2D eigenvalue weighted by Crippen LogP contribution is 2.72. The third kappa shape index (κ3) is 7.79. The van der Waals surface area contributed by atoms with Crippen LogP contribution in [-0.2, 0) is 11.3 Å². The van der Waals surface area contributed by atoms with Crippen LogP contribution in [-0.4, -0.2) is 91.8 Å². The SMILES string of the molecule is C/C(=C\Nc1nc2ccccc2s1)C1CCCN(c2ccc(-c3cnn(CC45CC6(C)CC(C)(C4)CC(OCCNC(CO)CO)(C6)C5)c3C)c(C(=O)O)n2)C1N=N. The zero-order chi connectivity index (χ0) is 40.9. The molecule has 6 N–H and O–H groups in total. The number of carboxylic acids is 1. The van der Waals surface area contributed by atoms with E-state index >= 15 is 0 Å². The number of aliphatic hydroxyl groups excluding tert-OH is 2. The van der Waals surface area contributed by atoms with E-state index in [0.29, 0.717) is 31.1 Å². The molecule has 4 aliphatic carbocycles. The number of fused-ring (bicyclic) bond motifs is 1. The molecule has 1 aliphatic heterocycles. The van der Waals surface area contributed by atoms with Gasteiger partial charge in [0.15, 0.2) is 10.8 Å². The van der Waals surface area contributed by atoms with E-state index in [1.54, 1.807) is 17.5 Å². The summed E-state index contributed by atoms with van der Waals surface area (Å²) in [6.45, 7) is 11.0. The van der Waals surface area contributed by atoms with Crippen molar-refractivity contribution >= 4 is 38.5 Å². The highest BCUT2D eigenvalue weighted by atomic mass is 32.1. The van der Waals surface area contributed by atoms with Gasteiger partial charge in [0.25, 0.3) is 0 Å². The largest absolute Gasteiger partial charge is 0.476 e. The fraction of sp³-hybridized carbons (Fsp3) is 0.581. The summed E-state index contributed by atoms with van der Waals surface area (Å²) in [4.78, 5) is 24.3. The van der Waals surface area contributed by atoms with Crippen LogP contribution in [0.25, 0.3) is 21.3 Å². The average molecular weight is 812 g/mol. The zero-order valence-electron chi connectivity index (χ0n) is 34.0. The number of carbonyl (C=O) groups is 1. The van der Waals surface area contributed by atoms with Crippen LogP contribution in [0.15, 0.2) is 59.5 Å². The lowest BCUT2D eigenvalue weighted by Crippen LogP contribution is -2.64. The molecule has 4 unspecified atom stereocenters. The van der Waals surface area contributed by atoms with Gasteiger partial charge in [-0.15, -0.1) is 0 Å². The molecule has 14 nitrogen and oxygen atoms in total. The van der Waals surface area contributed by atoms with Gasteiger partial charge in [-0.2, -0.15) is 10.2 Å². The lowest BCUT2D eigenvalue weighted by atomic mass is 9.39. The minimum atomic E-state index is -1.12. The fourth-order valence-corrected chi connectivity index (χ4v) is 12.9. The van der Waals surface area contributed by atoms with Gasteiger partial charge >= 0.3 is 5.97 Å². The summed E-state index contributed by atoms with van der Waals surface area (Å²) in [5.41, 5.74) is 12.4. The quantitative estimate of drug-likeness (QED) is 0.0494. The molecule has 310 valence electrons. The molecule has 4 bridgehead atoms. The molecule has 0 spiro atoms. The maximum atomic E-state index is 12.9. The number of aromatic carboxylic acids is 1. The molecule has 1 aromatic carbocycles. The molecule has 0 radical (unpaired) electrons. The summed E-state index contributed by atoms with van der Waals surface area (Å²) in [5, 5.41) is 45.8. The number of aliphatic hydroxyl groups is 2. The molecule has 4 saturated carbocycles. The number of carboxylic acid groups (broad SMARTS) is 1. The number of nitrogens with one attached hydrogen (secondary N) is 3. The summed E-state index contributed by atoms with van der Waals surface area (Å²) in [6.07, 6.45) is 11.2. The first-order valence-corrected chi connectivity index (χ1v) is 21.4. The Morgan fingerprint density at radius 1 is 1.07 bits per heavy atom. The normalized spacial score (nSPS) is 29.4. The van der Waals surface area contributed by atoms with Crippen molar-refractivity contribution in [3.8, 4) is 11.1 Å². The van der Waals surface area contributed by atoms with Crippen LogP contribution >= 0.6 is 11.3 Å². The van der Waals surface area contributed by atoms with E-state index in [-0.39, 0.29) is 52.7 Å². The van der Waals surface area contributed by atoms with E-state index in [2.05, 4.69) is 39.3 Å². The standard InChI is InChI=1S/C43H57N9O5S/c1-27(16-46-39-48-33-9-5-6-10-34(33)58-39)30-8-7-14-51(37(30)50-44)35-12-11-31(36(49-35)38(55)56)32-17-47-52(28(32)2)26-42-21-40(3)20-41(4,22-42)24-43(23-40,25-42)57-15-13-45-29(18-53)19-54/h5-6,9-12,16-17,29-30,37,44-45,53-54H,7-8,13-15,18-26H2,1-4H3,(H,46,48)(H,55,56)/b27-16+,50-44?. The van der Waals surface area contributed by atoms with Crippen LogP contribution in [0.3, 0.4) is 0 Å². The van der Waals surface area contributed by atoms with Gasteiger partial charge in [-0.1, -0.05) is 42.9 Å². The highest BCUT2D eigenvalue weighted by molar-refractivity contribution is 7.22. The second kappa shape index (κ2) is 15.7. The van der Waals surface area contributed by atoms with Gasteiger partial charge in [-0.25, -0.2) is 20.3 Å². The van der Waals surface area contributed by atoms with Gasteiger partial charge in [0.05, 0.1) is 47.9 Å². The zero-order valence-corrected chi connectivity index (χ0v) is 34.8. The number of nitrogens with zero attached hydrogens (tertiary/aromatic N) is 6. The number of rotatable bonds is 16. The van der Waals surface area contributed by atoms with E-state index in [1.165, 1.54) is 6.42 Å². The van der Waals surface area contributed by atoms with Gasteiger partial charge in [0.1, 0.15) is 12.0 Å². The van der Waals surface area contributed by atoms with Crippen molar-refractivity contribution in [2.45, 2.75) is 103 Å². The molecule has 5 aliphatic rings. The van der Waals surface area contributed by atoms with Crippen molar-refractivity contribution in [2.75, 3.05) is 43.1 Å². The number of hydrogen-bond acceptors (Lipinski definition) is 13. The van der Waals surface area contributed by atoms with Crippen LogP contribution < -0.4 is 15.5 Å². The number of thiazole rings is 1. The van der Waals surface area contributed by atoms with E-state index in [1.807, 2.05) is 61.3 Å². The number of aromatic nitrogens is 4. The predicted octanol–water partition coefficient (Wildman–Crippen LogP) is 7.23. The summed E-state index contributed by atoms with van der Waals surface area (Å²) in [7, 11) is 0. The second-order valence-electron chi connectivity index (χ2n) is 18.4. The Kier molecular flexibility index (Phi) is 11.0. The lowest BCUT2D eigenvalue weighted by molar-refractivity contribution is -0.247. The number of benzene rings is 1. The molecule has 5 fully saturated rings. The maximum Gasteiger partial charge on any atom is 0.355 e. The van der Waals surface area contributed by atoms with Gasteiger partial charge < -0.3 is 35.6 Å². The molecule has 4 aromatic rings. The molecular weight excluding hydrogens is 755 g/mol. The number of pyridine rings is 1. The van der Waals surface area contributed by atoms with Crippen LogP contribution in [0, 0.1) is 34.6 Å². The first-order chi connectivity index (χ1) is 27.8. The average Bonchev–Trinajstić information content (AvgIpc) is 3.77. The third-order valence-electron chi connectivity index (χ3n) is 13.3. The molecule has 3 aromatic heterocycles. The Labute approximate surface area is 343 Å². The fourth-order valence-electron chi connectivity index (χ4n) is 12.1. The van der Waals surface area contributed by atoms with Gasteiger partial charge in [-0.05, 0) is 106 Å². The minimum absolute atomic E-state index is 0.0216. The maximum absolute atomic E-state index is 12.9. The first kappa shape index (κ1) is 40.5. The van der Waals surface area contributed by atoms with Crippen molar-refractivity contribution in [1.82, 2.24) is 25.1 Å². The van der Waals surface area contributed by atoms with E-state index in [0.717, 1.165) is 83.7 Å². The monoisotopic (exact) mass is 811 g/mol. The van der Waals surface area contributed by atoms with Crippen molar-refractivity contribution < 1.29 is 24.9 Å². The molecule has 0 amide bonds. The topological polar surface area (TPSA) is 194 Å². The van der Waals surface area contributed by atoms with Crippen molar-refractivity contribution in [3.05, 3.63) is 65.8 Å². The van der Waals surface area contributed by atoms with Crippen LogP contribution in [0.5, 0.6) is 0 Å². The molecule has 4 atom stereocenters. The smallest absolute Gasteiger partial charge is 0.355 e. The molecule has 1 saturated heterocycles. The Morgan fingerprint density at radius 2 is 1.83 bits per heavy atom. The summed E-state index contributed by atoms with van der Waals surface area (Å²) >= 11 is 1.59. The van der Waals surface area contributed by atoms with Crippen molar-refractivity contribution in [2.24, 2.45) is 27.3 Å².